The van der Waals surface area contributed by atoms with Gasteiger partial charge in [-0.3, -0.25) is 19.2 Å². The first-order valence-electron chi connectivity index (χ1n) is 15.5. The highest BCUT2D eigenvalue weighted by Gasteiger charge is 2.33. The van der Waals surface area contributed by atoms with Crippen LogP contribution in [0.5, 0.6) is 0 Å². The molecule has 0 bridgehead atoms. The summed E-state index contributed by atoms with van der Waals surface area (Å²) in [5.74, 6) is -1.65. The minimum atomic E-state index is -0.977. The van der Waals surface area contributed by atoms with E-state index in [2.05, 4.69) is 21.3 Å². The van der Waals surface area contributed by atoms with Crippen LogP contribution in [0, 0.1) is 5.92 Å². The van der Waals surface area contributed by atoms with Gasteiger partial charge in [-0.15, -0.1) is 0 Å². The maximum atomic E-state index is 13.7. The average molecular weight is 608 g/mol. The molecule has 0 spiro atoms. The van der Waals surface area contributed by atoms with Crippen molar-refractivity contribution in [3.8, 4) is 0 Å². The molecule has 0 radical (unpaired) electrons. The van der Waals surface area contributed by atoms with Gasteiger partial charge in [-0.05, 0) is 49.8 Å². The summed E-state index contributed by atoms with van der Waals surface area (Å²) >= 11 is 0. The van der Waals surface area contributed by atoms with Gasteiger partial charge in [0.25, 0.3) is 0 Å². The van der Waals surface area contributed by atoms with Crippen LogP contribution >= 0.6 is 0 Å². The summed E-state index contributed by atoms with van der Waals surface area (Å²) in [6.45, 7) is 4.97. The molecule has 3 rings (SSSR count). The zero-order valence-electron chi connectivity index (χ0n) is 26.1. The van der Waals surface area contributed by atoms with Crippen molar-refractivity contribution in [3.05, 3.63) is 71.8 Å². The third kappa shape index (κ3) is 10.7. The van der Waals surface area contributed by atoms with Crippen LogP contribution in [-0.2, 0) is 32.0 Å². The van der Waals surface area contributed by atoms with Gasteiger partial charge in [0.2, 0.25) is 23.6 Å². The summed E-state index contributed by atoms with van der Waals surface area (Å²) in [4.78, 5) is 55.3. The summed E-state index contributed by atoms with van der Waals surface area (Å²) in [5, 5.41) is 11.7. The van der Waals surface area contributed by atoms with Gasteiger partial charge in [0.15, 0.2) is 0 Å². The molecule has 11 heteroatoms. The number of hydrogen-bond acceptors (Lipinski definition) is 7. The molecule has 0 saturated carbocycles. The summed E-state index contributed by atoms with van der Waals surface area (Å²) in [5.41, 5.74) is 13.9. The predicted octanol–water partition coefficient (Wildman–Crippen LogP) is 0.469. The molecule has 0 unspecified atom stereocenters. The monoisotopic (exact) mass is 607 g/mol. The molecule has 11 nitrogen and oxygen atoms in total. The number of rotatable bonds is 15. The van der Waals surface area contributed by atoms with Gasteiger partial charge in [0.05, 0.1) is 6.04 Å². The lowest BCUT2D eigenvalue weighted by molar-refractivity contribution is -0.138. The molecule has 0 aromatic heterocycles. The molecular weight excluding hydrogens is 558 g/mol. The van der Waals surface area contributed by atoms with Crippen LogP contribution in [0.25, 0.3) is 0 Å². The van der Waals surface area contributed by atoms with E-state index in [1.165, 1.54) is 0 Å². The van der Waals surface area contributed by atoms with Gasteiger partial charge < -0.3 is 37.6 Å². The summed E-state index contributed by atoms with van der Waals surface area (Å²) in [6, 6.07) is 15.4. The fourth-order valence-corrected chi connectivity index (χ4v) is 5.38. The van der Waals surface area contributed by atoms with Crippen LogP contribution < -0.4 is 32.7 Å². The largest absolute Gasteiger partial charge is 0.343 e. The number of nitrogens with zero attached hydrogens (tertiary/aromatic N) is 1. The van der Waals surface area contributed by atoms with Gasteiger partial charge in [-0.25, -0.2) is 0 Å². The molecule has 8 N–H and O–H groups in total. The number of nitrogens with two attached hydrogens (primary N) is 2. The van der Waals surface area contributed by atoms with E-state index in [0.29, 0.717) is 32.0 Å². The molecule has 1 aliphatic heterocycles. The zero-order valence-corrected chi connectivity index (χ0v) is 26.1. The second-order valence-corrected chi connectivity index (χ2v) is 11.9. The average Bonchev–Trinajstić information content (AvgIpc) is 3.03. The van der Waals surface area contributed by atoms with Crippen LogP contribution in [-0.4, -0.2) is 85.4 Å². The van der Waals surface area contributed by atoms with Crippen molar-refractivity contribution in [2.45, 2.75) is 76.2 Å². The summed E-state index contributed by atoms with van der Waals surface area (Å²) in [7, 11) is 1.91. The number of benzene rings is 2. The van der Waals surface area contributed by atoms with E-state index in [-0.39, 0.29) is 24.8 Å². The molecular formula is C33H49N7O4. The molecule has 1 fully saturated rings. The quantitative estimate of drug-likeness (QED) is 0.171. The van der Waals surface area contributed by atoms with Crippen molar-refractivity contribution in [2.75, 3.05) is 26.7 Å². The van der Waals surface area contributed by atoms with Crippen LogP contribution in [0.2, 0.25) is 0 Å². The molecule has 4 amide bonds. The maximum Gasteiger partial charge on any atom is 0.246 e. The van der Waals surface area contributed by atoms with E-state index in [9.17, 15) is 19.2 Å². The van der Waals surface area contributed by atoms with Crippen molar-refractivity contribution in [3.63, 3.8) is 0 Å². The second-order valence-electron chi connectivity index (χ2n) is 11.9. The Hall–Kier alpha value is -3.80. The number of amides is 4. The number of carbonyl (C=O) groups excluding carboxylic acids is 4. The summed E-state index contributed by atoms with van der Waals surface area (Å²) in [6.07, 6.45) is 2.49. The molecule has 0 aliphatic carbocycles. The lowest BCUT2D eigenvalue weighted by Crippen LogP contribution is -2.60. The number of hydrogen-bond donors (Lipinski definition) is 6. The smallest absolute Gasteiger partial charge is 0.246 e. The third-order valence-corrected chi connectivity index (χ3v) is 7.96. The Labute approximate surface area is 260 Å². The van der Waals surface area contributed by atoms with Crippen LogP contribution in [0.3, 0.4) is 0 Å². The molecule has 240 valence electrons. The van der Waals surface area contributed by atoms with E-state index < -0.39 is 41.9 Å². The van der Waals surface area contributed by atoms with E-state index >= 15 is 0 Å². The SMILES string of the molecule is CNC1CCN(C(=O)[C@@H](CN)NC(=O)[C@@H](CC(C)C)NC(=O)[C@@H](Cc2ccccc2)NC(=O)[C@H](N)Cc2ccccc2)CC1. The highest BCUT2D eigenvalue weighted by Crippen LogP contribution is 2.13. The minimum Gasteiger partial charge on any atom is -0.343 e. The Balaban J connectivity index is 1.71. The van der Waals surface area contributed by atoms with Gasteiger partial charge in [-0.2, -0.15) is 0 Å². The molecule has 2 aromatic carbocycles. The summed E-state index contributed by atoms with van der Waals surface area (Å²) < 4.78 is 0. The van der Waals surface area contributed by atoms with E-state index in [1.54, 1.807) is 4.90 Å². The fourth-order valence-electron chi connectivity index (χ4n) is 5.38. The Morgan fingerprint density at radius 1 is 0.773 bits per heavy atom. The Kier molecular flexibility index (Phi) is 13.8. The lowest BCUT2D eigenvalue weighted by Gasteiger charge is -2.34. The first-order valence-corrected chi connectivity index (χ1v) is 15.5. The van der Waals surface area contributed by atoms with Gasteiger partial charge in [0, 0.05) is 32.1 Å². The van der Waals surface area contributed by atoms with E-state index in [4.69, 9.17) is 11.5 Å². The van der Waals surface area contributed by atoms with Crippen LogP contribution in [0.1, 0.15) is 44.2 Å². The van der Waals surface area contributed by atoms with Crippen molar-refractivity contribution in [1.29, 1.82) is 0 Å². The molecule has 1 heterocycles. The normalized spacial score (nSPS) is 16.5. The Morgan fingerprint density at radius 3 is 1.80 bits per heavy atom. The van der Waals surface area contributed by atoms with Crippen molar-refractivity contribution in [2.24, 2.45) is 17.4 Å². The first-order chi connectivity index (χ1) is 21.1. The molecule has 4 atom stereocenters. The number of nitrogens with one attached hydrogen (secondary N) is 4. The minimum absolute atomic E-state index is 0.0557. The predicted molar refractivity (Wildman–Crippen MR) is 171 cm³/mol. The number of likely N-dealkylation sites (tertiary alicyclic amines) is 1. The molecule has 1 aliphatic rings. The van der Waals surface area contributed by atoms with Gasteiger partial charge in [0.1, 0.15) is 18.1 Å². The third-order valence-electron chi connectivity index (χ3n) is 7.96. The Bertz CT molecular complexity index is 1200. The van der Waals surface area contributed by atoms with Gasteiger partial charge >= 0.3 is 0 Å². The van der Waals surface area contributed by atoms with Crippen molar-refractivity contribution >= 4 is 23.6 Å². The van der Waals surface area contributed by atoms with Crippen molar-refractivity contribution < 1.29 is 19.2 Å². The fraction of sp³-hybridized carbons (Fsp3) is 0.515. The number of carbonyl (C=O) groups is 4. The highest BCUT2D eigenvalue weighted by atomic mass is 16.2. The van der Waals surface area contributed by atoms with E-state index in [1.807, 2.05) is 81.6 Å². The first kappa shape index (κ1) is 34.7. The van der Waals surface area contributed by atoms with Crippen molar-refractivity contribution in [1.82, 2.24) is 26.2 Å². The van der Waals surface area contributed by atoms with Gasteiger partial charge in [-0.1, -0.05) is 74.5 Å². The van der Waals surface area contributed by atoms with Crippen LogP contribution in [0.15, 0.2) is 60.7 Å². The molecule has 44 heavy (non-hydrogen) atoms. The lowest BCUT2D eigenvalue weighted by atomic mass is 10.00. The highest BCUT2D eigenvalue weighted by molar-refractivity contribution is 5.95. The standard InChI is InChI=1S/C33H49N7O4/c1-22(2)18-27(31(42)39-29(21-34)33(44)40-16-14-25(36-3)15-17-40)38-32(43)28(20-24-12-8-5-9-13-24)37-30(41)26(35)19-23-10-6-4-7-11-23/h4-13,22,25-29,36H,14-21,34-35H2,1-3H3,(H,37,41)(H,38,43)(H,39,42)/t26-,27-,28-,29-/m1/s1. The second kappa shape index (κ2) is 17.5. The topological polar surface area (TPSA) is 172 Å². The van der Waals surface area contributed by atoms with Crippen LogP contribution in [0.4, 0.5) is 0 Å². The molecule has 2 aromatic rings. The van der Waals surface area contributed by atoms with E-state index in [0.717, 1.165) is 24.0 Å². The molecule has 1 saturated heterocycles. The maximum absolute atomic E-state index is 13.7. The Morgan fingerprint density at radius 2 is 1.27 bits per heavy atom. The number of piperidine rings is 1. The zero-order chi connectivity index (χ0) is 32.1.